The Balaban J connectivity index is 1.66. The van der Waals surface area contributed by atoms with Crippen molar-refractivity contribution in [1.29, 1.82) is 0 Å². The third kappa shape index (κ3) is 2.72. The third-order valence-electron chi connectivity index (χ3n) is 2.66. The van der Waals surface area contributed by atoms with E-state index in [2.05, 4.69) is 20.5 Å². The van der Waals surface area contributed by atoms with Gasteiger partial charge in [-0.05, 0) is 23.6 Å². The molecule has 3 rings (SSSR count). The summed E-state index contributed by atoms with van der Waals surface area (Å²) < 4.78 is 1.72. The van der Waals surface area contributed by atoms with Gasteiger partial charge in [0.15, 0.2) is 11.5 Å². The summed E-state index contributed by atoms with van der Waals surface area (Å²) >= 11 is 1.60. The molecule has 3 aromatic rings. The average Bonchev–Trinajstić information content (AvgIpc) is 3.18. The summed E-state index contributed by atoms with van der Waals surface area (Å²) in [7, 11) is 0. The molecular formula is C13H11N5OS. The van der Waals surface area contributed by atoms with Gasteiger partial charge < -0.3 is 5.32 Å². The highest BCUT2D eigenvalue weighted by molar-refractivity contribution is 7.09. The fourth-order valence-electron chi connectivity index (χ4n) is 1.65. The van der Waals surface area contributed by atoms with E-state index in [1.165, 1.54) is 0 Å². The van der Waals surface area contributed by atoms with Gasteiger partial charge in [-0.25, -0.2) is 4.98 Å². The van der Waals surface area contributed by atoms with Crippen LogP contribution in [0.15, 0.2) is 48.4 Å². The van der Waals surface area contributed by atoms with Crippen molar-refractivity contribution < 1.29 is 4.79 Å². The van der Waals surface area contributed by atoms with Crippen molar-refractivity contribution in [2.45, 2.75) is 6.54 Å². The van der Waals surface area contributed by atoms with E-state index >= 15 is 0 Å². The van der Waals surface area contributed by atoms with Crippen LogP contribution in [0.25, 0.3) is 5.82 Å². The second-order valence-electron chi connectivity index (χ2n) is 4.01. The molecule has 0 aliphatic rings. The molecule has 0 fully saturated rings. The minimum Gasteiger partial charge on any atom is -0.346 e. The van der Waals surface area contributed by atoms with Crippen LogP contribution in [0.2, 0.25) is 0 Å². The first kappa shape index (κ1) is 12.5. The maximum Gasteiger partial charge on any atom is 0.272 e. The van der Waals surface area contributed by atoms with Crippen molar-refractivity contribution >= 4 is 17.2 Å². The van der Waals surface area contributed by atoms with Crippen molar-refractivity contribution in [2.75, 3.05) is 0 Å². The molecule has 6 nitrogen and oxygen atoms in total. The van der Waals surface area contributed by atoms with Crippen LogP contribution in [0.3, 0.4) is 0 Å². The molecule has 0 unspecified atom stereocenters. The predicted octanol–water partition coefficient (Wildman–Crippen LogP) is 1.65. The van der Waals surface area contributed by atoms with E-state index in [0.29, 0.717) is 18.1 Å². The Kier molecular flexibility index (Phi) is 3.51. The summed E-state index contributed by atoms with van der Waals surface area (Å²) in [4.78, 5) is 16.9. The van der Waals surface area contributed by atoms with E-state index < -0.39 is 0 Å². The maximum atomic E-state index is 11.9. The van der Waals surface area contributed by atoms with Gasteiger partial charge in [-0.15, -0.1) is 21.5 Å². The molecule has 0 aromatic carbocycles. The zero-order valence-electron chi connectivity index (χ0n) is 10.4. The Labute approximate surface area is 119 Å². The average molecular weight is 285 g/mol. The molecule has 0 atom stereocenters. The van der Waals surface area contributed by atoms with E-state index in [4.69, 9.17) is 0 Å². The first-order chi connectivity index (χ1) is 9.83. The van der Waals surface area contributed by atoms with Gasteiger partial charge >= 0.3 is 0 Å². The SMILES string of the molecule is O=C(NCc1cccs1)c1ccc(-n2ccnc2)nn1. The van der Waals surface area contributed by atoms with Crippen LogP contribution in [0.1, 0.15) is 15.4 Å². The van der Waals surface area contributed by atoms with Gasteiger partial charge in [0.25, 0.3) is 5.91 Å². The molecule has 7 heteroatoms. The van der Waals surface area contributed by atoms with Gasteiger partial charge in [-0.3, -0.25) is 9.36 Å². The lowest BCUT2D eigenvalue weighted by molar-refractivity contribution is 0.0945. The number of amides is 1. The highest BCUT2D eigenvalue weighted by Crippen LogP contribution is 2.08. The molecule has 100 valence electrons. The van der Waals surface area contributed by atoms with Crippen molar-refractivity contribution in [3.8, 4) is 5.82 Å². The summed E-state index contributed by atoms with van der Waals surface area (Å²) in [5, 5.41) is 12.7. The number of rotatable bonds is 4. The van der Waals surface area contributed by atoms with Gasteiger partial charge in [0.05, 0.1) is 6.54 Å². The number of imidazole rings is 1. The molecule has 0 saturated heterocycles. The van der Waals surface area contributed by atoms with Crippen molar-refractivity contribution in [2.24, 2.45) is 0 Å². The van der Waals surface area contributed by atoms with Gasteiger partial charge in [0.1, 0.15) is 6.33 Å². The van der Waals surface area contributed by atoms with Crippen LogP contribution in [0.4, 0.5) is 0 Å². The largest absolute Gasteiger partial charge is 0.346 e. The standard InChI is InChI=1S/C13H11N5OS/c19-13(15-8-10-2-1-7-20-10)11-3-4-12(17-16-11)18-6-5-14-9-18/h1-7,9H,8H2,(H,15,19). The van der Waals surface area contributed by atoms with Crippen LogP contribution < -0.4 is 5.32 Å². The normalized spacial score (nSPS) is 10.4. The Morgan fingerprint density at radius 1 is 1.30 bits per heavy atom. The molecule has 1 amide bonds. The Morgan fingerprint density at radius 3 is 2.90 bits per heavy atom. The number of carbonyl (C=O) groups is 1. The van der Waals surface area contributed by atoms with Crippen LogP contribution in [-0.4, -0.2) is 25.7 Å². The summed E-state index contributed by atoms with van der Waals surface area (Å²) in [5.74, 6) is 0.389. The topological polar surface area (TPSA) is 72.7 Å². The lowest BCUT2D eigenvalue weighted by atomic mass is 10.3. The van der Waals surface area contributed by atoms with Crippen molar-refractivity contribution in [3.63, 3.8) is 0 Å². The van der Waals surface area contributed by atoms with E-state index in [-0.39, 0.29) is 5.91 Å². The number of aromatic nitrogens is 4. The summed E-state index contributed by atoms with van der Waals surface area (Å²) in [6.07, 6.45) is 5.05. The van der Waals surface area contributed by atoms with E-state index in [1.807, 2.05) is 17.5 Å². The second-order valence-corrected chi connectivity index (χ2v) is 5.04. The maximum absolute atomic E-state index is 11.9. The Hall–Kier alpha value is -2.54. The van der Waals surface area contributed by atoms with Crippen LogP contribution >= 0.6 is 11.3 Å². The molecule has 0 radical (unpaired) electrons. The number of nitrogens with zero attached hydrogens (tertiary/aromatic N) is 4. The monoisotopic (exact) mass is 285 g/mol. The van der Waals surface area contributed by atoms with Gasteiger partial charge in [0.2, 0.25) is 0 Å². The molecule has 20 heavy (non-hydrogen) atoms. The van der Waals surface area contributed by atoms with Gasteiger partial charge in [-0.1, -0.05) is 6.07 Å². The van der Waals surface area contributed by atoms with E-state index in [1.54, 1.807) is 46.8 Å². The second kappa shape index (κ2) is 5.62. The number of thiophene rings is 1. The van der Waals surface area contributed by atoms with Crippen LogP contribution in [0, 0.1) is 0 Å². The molecule has 0 bridgehead atoms. The zero-order valence-corrected chi connectivity index (χ0v) is 11.2. The fourth-order valence-corrected chi connectivity index (χ4v) is 2.29. The zero-order chi connectivity index (χ0) is 13.8. The molecule has 1 N–H and O–H groups in total. The van der Waals surface area contributed by atoms with E-state index in [9.17, 15) is 4.79 Å². The molecule has 0 aliphatic carbocycles. The molecule has 3 heterocycles. The van der Waals surface area contributed by atoms with Crippen LogP contribution in [-0.2, 0) is 6.54 Å². The summed E-state index contributed by atoms with van der Waals surface area (Å²) in [6, 6.07) is 7.30. The minimum absolute atomic E-state index is 0.233. The summed E-state index contributed by atoms with van der Waals surface area (Å²) in [6.45, 7) is 0.501. The fraction of sp³-hybridized carbons (Fsp3) is 0.0769. The minimum atomic E-state index is -0.233. The number of hydrogen-bond acceptors (Lipinski definition) is 5. The number of hydrogen-bond donors (Lipinski definition) is 1. The first-order valence-electron chi connectivity index (χ1n) is 5.95. The molecule has 3 aromatic heterocycles. The lowest BCUT2D eigenvalue weighted by Crippen LogP contribution is -2.23. The van der Waals surface area contributed by atoms with Crippen LogP contribution in [0.5, 0.6) is 0 Å². The Bertz CT molecular complexity index is 676. The predicted molar refractivity (Wildman–Crippen MR) is 74.6 cm³/mol. The third-order valence-corrected chi connectivity index (χ3v) is 3.53. The van der Waals surface area contributed by atoms with Crippen molar-refractivity contribution in [1.82, 2.24) is 25.1 Å². The number of carbonyl (C=O) groups excluding carboxylic acids is 1. The Morgan fingerprint density at radius 2 is 2.25 bits per heavy atom. The highest BCUT2D eigenvalue weighted by atomic mass is 32.1. The van der Waals surface area contributed by atoms with Gasteiger partial charge in [-0.2, -0.15) is 0 Å². The first-order valence-corrected chi connectivity index (χ1v) is 6.83. The lowest BCUT2D eigenvalue weighted by Gasteiger charge is -2.03. The molecule has 0 aliphatic heterocycles. The smallest absolute Gasteiger partial charge is 0.272 e. The highest BCUT2D eigenvalue weighted by Gasteiger charge is 2.08. The molecule has 0 saturated carbocycles. The van der Waals surface area contributed by atoms with E-state index in [0.717, 1.165) is 4.88 Å². The summed E-state index contributed by atoms with van der Waals surface area (Å²) in [5.41, 5.74) is 0.297. The number of nitrogens with one attached hydrogen (secondary N) is 1. The molecule has 0 spiro atoms. The van der Waals surface area contributed by atoms with Gasteiger partial charge in [0, 0.05) is 17.3 Å². The quantitative estimate of drug-likeness (QED) is 0.791. The molecular weight excluding hydrogens is 274 g/mol. The van der Waals surface area contributed by atoms with Crippen molar-refractivity contribution in [3.05, 3.63) is 58.9 Å².